The van der Waals surface area contributed by atoms with E-state index in [0.29, 0.717) is 19.4 Å². The Bertz CT molecular complexity index is 519. The maximum absolute atomic E-state index is 13.0. The first-order chi connectivity index (χ1) is 9.34. The average Bonchev–Trinajstić information content (AvgIpc) is 2.85. The Morgan fingerprint density at radius 1 is 1.45 bits per heavy atom. The molecule has 0 radical (unpaired) electrons. The molecule has 0 bridgehead atoms. The predicted molar refractivity (Wildman–Crippen MR) is 70.3 cm³/mol. The van der Waals surface area contributed by atoms with Crippen molar-refractivity contribution in [2.75, 3.05) is 13.2 Å². The van der Waals surface area contributed by atoms with Crippen molar-refractivity contribution < 1.29 is 23.1 Å². The van der Waals surface area contributed by atoms with Crippen molar-refractivity contribution in [3.8, 4) is 0 Å². The predicted octanol–water partition coefficient (Wildman–Crippen LogP) is 3.06. The largest absolute Gasteiger partial charge is 0.417 e. The van der Waals surface area contributed by atoms with Gasteiger partial charge in [0.05, 0.1) is 23.8 Å². The second kappa shape index (κ2) is 5.73. The van der Waals surface area contributed by atoms with Crippen molar-refractivity contribution in [2.24, 2.45) is 0 Å². The number of likely N-dealkylation sites (tertiary alicyclic amines) is 1. The second-order valence-electron chi connectivity index (χ2n) is 4.66. The summed E-state index contributed by atoms with van der Waals surface area (Å²) in [7, 11) is 0. The molecule has 1 aromatic carbocycles. The standard InChI is InChI=1S/C13H13BrF3NO2/c14-8-3-4-10(11(6-8)13(15,16)17)12(20)18-5-1-2-9(18)7-19/h3-4,6,9,19H,1-2,5,7H2/t9-/m1/s1. The Balaban J connectivity index is 2.39. The zero-order valence-corrected chi connectivity index (χ0v) is 12.0. The number of carbonyl (C=O) groups excluding carboxylic acids is 1. The highest BCUT2D eigenvalue weighted by Gasteiger charge is 2.38. The average molecular weight is 352 g/mol. The monoisotopic (exact) mass is 351 g/mol. The lowest BCUT2D eigenvalue weighted by Crippen LogP contribution is -2.38. The summed E-state index contributed by atoms with van der Waals surface area (Å²) in [5, 5.41) is 9.18. The Hall–Kier alpha value is -1.08. The van der Waals surface area contributed by atoms with Crippen molar-refractivity contribution in [1.82, 2.24) is 4.90 Å². The Morgan fingerprint density at radius 2 is 2.15 bits per heavy atom. The number of benzene rings is 1. The van der Waals surface area contributed by atoms with Gasteiger partial charge in [-0.1, -0.05) is 15.9 Å². The van der Waals surface area contributed by atoms with E-state index in [9.17, 15) is 23.1 Å². The fourth-order valence-electron chi connectivity index (χ4n) is 2.39. The minimum Gasteiger partial charge on any atom is -0.394 e. The third kappa shape index (κ3) is 2.98. The normalized spacial score (nSPS) is 19.4. The van der Waals surface area contributed by atoms with Gasteiger partial charge in [-0.15, -0.1) is 0 Å². The molecule has 1 N–H and O–H groups in total. The van der Waals surface area contributed by atoms with E-state index in [1.165, 1.54) is 17.0 Å². The van der Waals surface area contributed by atoms with E-state index in [1.807, 2.05) is 0 Å². The molecule has 1 heterocycles. The van der Waals surface area contributed by atoms with Gasteiger partial charge in [-0.25, -0.2) is 0 Å². The van der Waals surface area contributed by atoms with Crippen LogP contribution in [0.5, 0.6) is 0 Å². The summed E-state index contributed by atoms with van der Waals surface area (Å²) in [5.74, 6) is -0.679. The third-order valence-electron chi connectivity index (χ3n) is 3.37. The molecule has 20 heavy (non-hydrogen) atoms. The molecule has 0 unspecified atom stereocenters. The first-order valence-corrected chi connectivity index (χ1v) is 6.92. The first kappa shape index (κ1) is 15.3. The van der Waals surface area contributed by atoms with Gasteiger partial charge in [0.15, 0.2) is 0 Å². The van der Waals surface area contributed by atoms with Crippen molar-refractivity contribution in [1.29, 1.82) is 0 Å². The zero-order valence-electron chi connectivity index (χ0n) is 10.5. The van der Waals surface area contributed by atoms with Crippen molar-refractivity contribution >= 4 is 21.8 Å². The quantitative estimate of drug-likeness (QED) is 0.889. The molecule has 1 atom stereocenters. The van der Waals surface area contributed by atoms with Crippen LogP contribution in [0.25, 0.3) is 0 Å². The lowest BCUT2D eigenvalue weighted by molar-refractivity contribution is -0.138. The Labute approximate surface area is 122 Å². The highest BCUT2D eigenvalue weighted by molar-refractivity contribution is 9.10. The molecule has 0 aromatic heterocycles. The van der Waals surface area contributed by atoms with Gasteiger partial charge in [-0.05, 0) is 31.0 Å². The van der Waals surface area contributed by atoms with E-state index in [-0.39, 0.29) is 16.6 Å². The zero-order chi connectivity index (χ0) is 14.9. The summed E-state index contributed by atoms with van der Waals surface area (Å²) in [6, 6.07) is 3.08. The summed E-state index contributed by atoms with van der Waals surface area (Å²) < 4.78 is 39.3. The van der Waals surface area contributed by atoms with E-state index >= 15 is 0 Å². The van der Waals surface area contributed by atoms with Gasteiger partial charge in [0, 0.05) is 11.0 Å². The molecule has 1 aromatic rings. The molecule has 7 heteroatoms. The van der Waals surface area contributed by atoms with Gasteiger partial charge in [-0.2, -0.15) is 13.2 Å². The lowest BCUT2D eigenvalue weighted by atomic mass is 10.1. The number of aliphatic hydroxyl groups is 1. The molecule has 1 amide bonds. The smallest absolute Gasteiger partial charge is 0.394 e. The van der Waals surface area contributed by atoms with E-state index < -0.39 is 23.7 Å². The van der Waals surface area contributed by atoms with E-state index in [1.54, 1.807) is 0 Å². The lowest BCUT2D eigenvalue weighted by Gasteiger charge is -2.24. The van der Waals surface area contributed by atoms with Gasteiger partial charge in [-0.3, -0.25) is 4.79 Å². The number of nitrogens with zero attached hydrogens (tertiary/aromatic N) is 1. The summed E-state index contributed by atoms with van der Waals surface area (Å²) in [6.45, 7) is 0.140. The van der Waals surface area contributed by atoms with Crippen LogP contribution in [0, 0.1) is 0 Å². The van der Waals surface area contributed by atoms with Gasteiger partial charge < -0.3 is 10.0 Å². The minimum absolute atomic E-state index is 0.233. The van der Waals surface area contributed by atoms with E-state index in [4.69, 9.17) is 0 Å². The van der Waals surface area contributed by atoms with Gasteiger partial charge in [0.2, 0.25) is 0 Å². The molecule has 1 aliphatic rings. The summed E-state index contributed by atoms with van der Waals surface area (Å²) in [4.78, 5) is 13.6. The van der Waals surface area contributed by atoms with Gasteiger partial charge in [0.1, 0.15) is 0 Å². The Kier molecular flexibility index (Phi) is 4.39. The van der Waals surface area contributed by atoms with Crippen LogP contribution in [0.15, 0.2) is 22.7 Å². The number of aliphatic hydroxyl groups excluding tert-OH is 1. The summed E-state index contributed by atoms with van der Waals surface area (Å²) >= 11 is 2.98. The molecule has 2 rings (SSSR count). The summed E-state index contributed by atoms with van der Waals surface area (Å²) in [6.07, 6.45) is -3.29. The fourth-order valence-corrected chi connectivity index (χ4v) is 2.75. The number of halogens is 4. The molecule has 110 valence electrons. The van der Waals surface area contributed by atoms with Gasteiger partial charge in [0.25, 0.3) is 5.91 Å². The minimum atomic E-state index is -4.59. The first-order valence-electron chi connectivity index (χ1n) is 6.13. The number of alkyl halides is 3. The third-order valence-corrected chi connectivity index (χ3v) is 3.86. The molecular formula is C13H13BrF3NO2. The number of carbonyl (C=O) groups is 1. The van der Waals surface area contributed by atoms with Crippen LogP contribution in [0.4, 0.5) is 13.2 Å². The highest BCUT2D eigenvalue weighted by Crippen LogP contribution is 2.35. The molecular weight excluding hydrogens is 339 g/mol. The number of amides is 1. The van der Waals surface area contributed by atoms with Crippen molar-refractivity contribution in [3.05, 3.63) is 33.8 Å². The van der Waals surface area contributed by atoms with Crippen LogP contribution in [-0.4, -0.2) is 35.1 Å². The molecule has 1 aliphatic heterocycles. The molecule has 0 saturated carbocycles. The Morgan fingerprint density at radius 3 is 2.75 bits per heavy atom. The fraction of sp³-hybridized carbons (Fsp3) is 0.462. The second-order valence-corrected chi connectivity index (χ2v) is 5.58. The van der Waals surface area contributed by atoms with E-state index in [2.05, 4.69) is 15.9 Å². The van der Waals surface area contributed by atoms with Crippen molar-refractivity contribution in [3.63, 3.8) is 0 Å². The molecule has 1 saturated heterocycles. The van der Waals surface area contributed by atoms with Gasteiger partial charge >= 0.3 is 6.18 Å². The van der Waals surface area contributed by atoms with Crippen LogP contribution < -0.4 is 0 Å². The number of rotatable bonds is 2. The van der Waals surface area contributed by atoms with Crippen LogP contribution in [0.1, 0.15) is 28.8 Å². The van der Waals surface area contributed by atoms with Crippen LogP contribution >= 0.6 is 15.9 Å². The molecule has 0 aliphatic carbocycles. The maximum atomic E-state index is 13.0. The van der Waals surface area contributed by atoms with Crippen LogP contribution in [0.2, 0.25) is 0 Å². The molecule has 3 nitrogen and oxygen atoms in total. The topological polar surface area (TPSA) is 40.5 Å². The molecule has 0 spiro atoms. The van der Waals surface area contributed by atoms with Crippen LogP contribution in [0.3, 0.4) is 0 Å². The SMILES string of the molecule is O=C(c1ccc(Br)cc1C(F)(F)F)N1CCC[C@@H]1CO. The number of hydrogen-bond donors (Lipinski definition) is 1. The molecule has 1 fully saturated rings. The van der Waals surface area contributed by atoms with Crippen molar-refractivity contribution in [2.45, 2.75) is 25.1 Å². The van der Waals surface area contributed by atoms with E-state index in [0.717, 1.165) is 6.07 Å². The summed E-state index contributed by atoms with van der Waals surface area (Å²) in [5.41, 5.74) is -1.33. The number of hydrogen-bond acceptors (Lipinski definition) is 2. The maximum Gasteiger partial charge on any atom is 0.417 e. The highest BCUT2D eigenvalue weighted by atomic mass is 79.9. The van der Waals surface area contributed by atoms with Crippen LogP contribution in [-0.2, 0) is 6.18 Å².